The molecular weight excluding hydrogens is 558 g/mol. The van der Waals surface area contributed by atoms with Crippen LogP contribution in [0.1, 0.15) is 43.4 Å². The number of anilines is 2. The first-order chi connectivity index (χ1) is 21.5. The number of amides is 3. The number of aromatic nitrogens is 1. The fourth-order valence-corrected chi connectivity index (χ4v) is 5.07. The van der Waals surface area contributed by atoms with Crippen LogP contribution in [0.4, 0.5) is 21.0 Å². The van der Waals surface area contributed by atoms with Crippen molar-refractivity contribution in [1.29, 1.82) is 0 Å². The third kappa shape index (κ3) is 8.84. The molecule has 1 unspecified atom stereocenters. The van der Waals surface area contributed by atoms with Gasteiger partial charge in [0.15, 0.2) is 12.2 Å². The van der Waals surface area contributed by atoms with Crippen LogP contribution < -0.4 is 20.7 Å². The van der Waals surface area contributed by atoms with Crippen LogP contribution in [0.5, 0.6) is 5.75 Å². The van der Waals surface area contributed by atoms with Crippen molar-refractivity contribution in [1.82, 2.24) is 15.2 Å². The van der Waals surface area contributed by atoms with E-state index in [1.165, 1.54) is 19.2 Å². The Balaban J connectivity index is 1.15. The normalized spacial score (nSPS) is 13.2. The van der Waals surface area contributed by atoms with Crippen LogP contribution in [0.3, 0.4) is 0 Å². The molecule has 1 atom stereocenters. The lowest BCUT2D eigenvalue weighted by atomic mass is 10.1. The molecule has 3 aromatic carbocycles. The van der Waals surface area contributed by atoms with E-state index in [0.29, 0.717) is 29.4 Å². The van der Waals surface area contributed by atoms with Gasteiger partial charge in [0.2, 0.25) is 0 Å². The summed E-state index contributed by atoms with van der Waals surface area (Å²) < 4.78 is 16.8. The predicted molar refractivity (Wildman–Crippen MR) is 170 cm³/mol. The molecule has 10 nitrogen and oxygen atoms in total. The van der Waals surface area contributed by atoms with Gasteiger partial charge < -0.3 is 29.8 Å². The smallest absolute Gasteiger partial charge is 0.408 e. The summed E-state index contributed by atoms with van der Waals surface area (Å²) in [6.45, 7) is 5.09. The number of rotatable bonds is 14. The van der Waals surface area contributed by atoms with Crippen molar-refractivity contribution in [3.63, 3.8) is 0 Å². The Hall–Kier alpha value is -4.83. The molecular formula is C34H39N5O5. The lowest BCUT2D eigenvalue weighted by Gasteiger charge is -2.27. The Morgan fingerprint density at radius 2 is 1.82 bits per heavy atom. The van der Waals surface area contributed by atoms with Crippen LogP contribution in [0.25, 0.3) is 11.3 Å². The number of ether oxygens (including phenoxy) is 2. The molecule has 1 heterocycles. The predicted octanol–water partition coefficient (Wildman–Crippen LogP) is 7.08. The van der Waals surface area contributed by atoms with Crippen molar-refractivity contribution < 1.29 is 23.5 Å². The number of nitrogens with zero attached hydrogens (tertiary/aromatic N) is 2. The van der Waals surface area contributed by atoms with Crippen LogP contribution >= 0.6 is 0 Å². The van der Waals surface area contributed by atoms with Crippen LogP contribution in [0.2, 0.25) is 0 Å². The first-order valence-corrected chi connectivity index (χ1v) is 15.0. The fraction of sp³-hybridized carbons (Fsp3) is 0.324. The number of methoxy groups -OCH3 is 1. The molecule has 1 saturated carbocycles. The van der Waals surface area contributed by atoms with Gasteiger partial charge in [-0.15, -0.1) is 0 Å². The summed E-state index contributed by atoms with van der Waals surface area (Å²) in [5.74, 6) is 1.85. The average Bonchev–Trinajstić information content (AvgIpc) is 3.68. The van der Waals surface area contributed by atoms with Crippen molar-refractivity contribution in [3.8, 4) is 17.1 Å². The van der Waals surface area contributed by atoms with Gasteiger partial charge in [-0.25, -0.2) is 14.6 Å². The zero-order valence-electron chi connectivity index (χ0n) is 25.1. The zero-order chi connectivity index (χ0) is 30.7. The van der Waals surface area contributed by atoms with Crippen LogP contribution in [0, 0.1) is 5.92 Å². The fourth-order valence-electron chi connectivity index (χ4n) is 5.07. The summed E-state index contributed by atoms with van der Waals surface area (Å²) in [6, 6.07) is 22.0. The molecule has 0 spiro atoms. The van der Waals surface area contributed by atoms with Crippen molar-refractivity contribution in [2.45, 2.75) is 38.8 Å². The van der Waals surface area contributed by atoms with Crippen molar-refractivity contribution in [2.24, 2.45) is 5.92 Å². The molecule has 1 aromatic heterocycles. The van der Waals surface area contributed by atoms with E-state index in [2.05, 4.69) is 32.8 Å². The van der Waals surface area contributed by atoms with Crippen LogP contribution in [-0.4, -0.2) is 48.8 Å². The molecule has 1 aliphatic carbocycles. The number of benzene rings is 3. The second-order valence-electron chi connectivity index (χ2n) is 10.9. The van der Waals surface area contributed by atoms with E-state index in [-0.39, 0.29) is 12.6 Å². The largest absolute Gasteiger partial charge is 0.496 e. The van der Waals surface area contributed by atoms with E-state index in [1.807, 2.05) is 42.5 Å². The molecule has 0 aliphatic heterocycles. The average molecular weight is 598 g/mol. The summed E-state index contributed by atoms with van der Waals surface area (Å²) in [7, 11) is 1.55. The summed E-state index contributed by atoms with van der Waals surface area (Å²) in [5.41, 5.74) is 3.64. The van der Waals surface area contributed by atoms with Crippen LogP contribution in [0.15, 0.2) is 89.8 Å². The van der Waals surface area contributed by atoms with Gasteiger partial charge in [-0.2, -0.15) is 0 Å². The highest BCUT2D eigenvalue weighted by molar-refractivity contribution is 6.00. The molecule has 0 radical (unpaired) electrons. The molecule has 10 heteroatoms. The summed E-state index contributed by atoms with van der Waals surface area (Å²) >= 11 is 0. The maximum atomic E-state index is 12.9. The number of carbonyl (C=O) groups excluding carboxylic acids is 2. The first kappa shape index (κ1) is 30.6. The minimum atomic E-state index is -0.486. The SMILES string of the molecule is CCCN(CC1CC1)CC(OC(=O)NCc1cccc(NC(=O)Nc2ccc(-c3cnco3)c(OC)c2)c1)c1ccccc1. The number of alkyl carbamates (subject to hydrolysis) is 1. The Bertz CT molecular complexity index is 1510. The minimum Gasteiger partial charge on any atom is -0.496 e. The van der Waals surface area contributed by atoms with Crippen LogP contribution in [-0.2, 0) is 11.3 Å². The molecule has 44 heavy (non-hydrogen) atoms. The third-order valence-electron chi connectivity index (χ3n) is 7.38. The number of hydrogen-bond acceptors (Lipinski definition) is 7. The van der Waals surface area contributed by atoms with Crippen molar-refractivity contribution >= 4 is 23.5 Å². The van der Waals surface area contributed by atoms with Crippen molar-refractivity contribution in [3.05, 3.63) is 96.5 Å². The zero-order valence-corrected chi connectivity index (χ0v) is 25.1. The molecule has 230 valence electrons. The van der Waals surface area contributed by atoms with Gasteiger partial charge in [0.1, 0.15) is 11.9 Å². The Morgan fingerprint density at radius 3 is 2.52 bits per heavy atom. The lowest BCUT2D eigenvalue weighted by Crippen LogP contribution is -2.35. The maximum absolute atomic E-state index is 12.9. The van der Waals surface area contributed by atoms with Gasteiger partial charge in [0.05, 0.1) is 18.9 Å². The van der Waals surface area contributed by atoms with Crippen molar-refractivity contribution in [2.75, 3.05) is 37.4 Å². The van der Waals surface area contributed by atoms with E-state index in [0.717, 1.165) is 42.1 Å². The molecule has 3 N–H and O–H groups in total. The van der Waals surface area contributed by atoms with E-state index in [9.17, 15) is 9.59 Å². The number of urea groups is 1. The Kier molecular flexibility index (Phi) is 10.5. The standard InChI is InChI=1S/C34H39N5O5/c1-3-16-39(21-24-12-13-24)22-32(26-9-5-4-6-10-26)44-34(41)36-19-25-8-7-11-27(17-25)37-33(40)38-28-14-15-29(30(18-28)42-2)31-20-35-23-43-31/h4-11,14-15,17-18,20,23-24,32H,3,12-13,16,19,21-22H2,1-2H3,(H,36,41)(H2,37,38,40). The van der Waals surface area contributed by atoms with E-state index in [1.54, 1.807) is 43.6 Å². The van der Waals surface area contributed by atoms with E-state index >= 15 is 0 Å². The monoisotopic (exact) mass is 597 g/mol. The van der Waals surface area contributed by atoms with E-state index in [4.69, 9.17) is 13.9 Å². The summed E-state index contributed by atoms with van der Waals surface area (Å²) in [6.07, 6.45) is 5.69. The third-order valence-corrected chi connectivity index (χ3v) is 7.38. The molecule has 5 rings (SSSR count). The Labute approximate surface area is 257 Å². The topological polar surface area (TPSA) is 118 Å². The molecule has 4 aromatic rings. The highest BCUT2D eigenvalue weighted by atomic mass is 16.6. The second kappa shape index (κ2) is 15.1. The second-order valence-corrected chi connectivity index (χ2v) is 10.9. The number of carbonyl (C=O) groups is 2. The number of hydrogen-bond donors (Lipinski definition) is 3. The summed E-state index contributed by atoms with van der Waals surface area (Å²) in [4.78, 5) is 32.0. The van der Waals surface area contributed by atoms with Gasteiger partial charge in [0.25, 0.3) is 0 Å². The molecule has 0 bridgehead atoms. The van der Waals surface area contributed by atoms with Gasteiger partial charge >= 0.3 is 12.1 Å². The van der Waals surface area contributed by atoms with Gasteiger partial charge in [-0.05, 0) is 67.1 Å². The lowest BCUT2D eigenvalue weighted by molar-refractivity contribution is 0.0676. The molecule has 3 amide bonds. The molecule has 1 fully saturated rings. The minimum absolute atomic E-state index is 0.249. The highest BCUT2D eigenvalue weighted by Crippen LogP contribution is 2.33. The number of nitrogens with one attached hydrogen (secondary N) is 3. The van der Waals surface area contributed by atoms with Gasteiger partial charge in [-0.3, -0.25) is 4.90 Å². The summed E-state index contributed by atoms with van der Waals surface area (Å²) in [5, 5.41) is 8.52. The van der Waals surface area contributed by atoms with Gasteiger partial charge in [0, 0.05) is 37.1 Å². The highest BCUT2D eigenvalue weighted by Gasteiger charge is 2.27. The Morgan fingerprint density at radius 1 is 1.02 bits per heavy atom. The maximum Gasteiger partial charge on any atom is 0.408 e. The van der Waals surface area contributed by atoms with Gasteiger partial charge in [-0.1, -0.05) is 49.4 Å². The first-order valence-electron chi connectivity index (χ1n) is 15.0. The van der Waals surface area contributed by atoms with E-state index < -0.39 is 12.1 Å². The molecule has 1 aliphatic rings. The quantitative estimate of drug-likeness (QED) is 0.142. The molecule has 0 saturated heterocycles. The number of oxazole rings is 1.